The van der Waals surface area contributed by atoms with Gasteiger partial charge in [-0.2, -0.15) is 11.8 Å². The molecule has 0 fully saturated rings. The molecular formula is C18H33IN4OS. The Balaban J connectivity index is 0.00000576. The monoisotopic (exact) mass is 480 g/mol. The Bertz CT molecular complexity index is 486. The van der Waals surface area contributed by atoms with E-state index in [0.717, 1.165) is 36.8 Å². The van der Waals surface area contributed by atoms with E-state index in [0.29, 0.717) is 13.2 Å². The highest BCUT2D eigenvalue weighted by Crippen LogP contribution is 2.17. The Kier molecular flexibility index (Phi) is 15.2. The number of hydrogen-bond acceptors (Lipinski definition) is 4. The van der Waals surface area contributed by atoms with Gasteiger partial charge >= 0.3 is 0 Å². The molecule has 0 aromatic heterocycles. The average Bonchev–Trinajstić information content (AvgIpc) is 2.58. The van der Waals surface area contributed by atoms with E-state index < -0.39 is 0 Å². The lowest BCUT2D eigenvalue weighted by Crippen LogP contribution is -2.37. The maximum absolute atomic E-state index is 5.90. The topological polar surface area (TPSA) is 48.9 Å². The summed E-state index contributed by atoms with van der Waals surface area (Å²) in [4.78, 5) is 6.39. The summed E-state index contributed by atoms with van der Waals surface area (Å²) >= 11 is 1.89. The molecule has 1 rings (SSSR count). The van der Waals surface area contributed by atoms with Crippen LogP contribution in [0.4, 0.5) is 0 Å². The summed E-state index contributed by atoms with van der Waals surface area (Å²) in [5, 5.41) is 6.72. The van der Waals surface area contributed by atoms with Crippen LogP contribution in [-0.4, -0.2) is 63.7 Å². The first-order chi connectivity index (χ1) is 11.7. The number of nitrogens with zero attached hydrogens (tertiary/aromatic N) is 2. The second-order valence-electron chi connectivity index (χ2n) is 5.81. The lowest BCUT2D eigenvalue weighted by atomic mass is 10.2. The Morgan fingerprint density at radius 3 is 2.64 bits per heavy atom. The van der Waals surface area contributed by atoms with Crippen molar-refractivity contribution in [1.29, 1.82) is 0 Å². The zero-order valence-corrected chi connectivity index (χ0v) is 19.0. The second-order valence-corrected chi connectivity index (χ2v) is 6.80. The quantitative estimate of drug-likeness (QED) is 0.221. The third kappa shape index (κ3) is 11.5. The highest BCUT2D eigenvalue weighted by Gasteiger charge is 2.04. The van der Waals surface area contributed by atoms with Gasteiger partial charge in [0.2, 0.25) is 0 Å². The number of unbranched alkanes of at least 4 members (excludes halogenated alkanes) is 1. The van der Waals surface area contributed by atoms with E-state index in [1.165, 1.54) is 12.2 Å². The fraction of sp³-hybridized carbons (Fsp3) is 0.611. The van der Waals surface area contributed by atoms with Crippen molar-refractivity contribution in [3.8, 4) is 5.75 Å². The molecule has 25 heavy (non-hydrogen) atoms. The molecule has 1 aromatic carbocycles. The fourth-order valence-electron chi connectivity index (χ4n) is 2.11. The van der Waals surface area contributed by atoms with Gasteiger partial charge in [-0.3, -0.25) is 4.99 Å². The maximum Gasteiger partial charge on any atom is 0.191 e. The Morgan fingerprint density at radius 2 is 1.96 bits per heavy atom. The zero-order valence-electron chi connectivity index (χ0n) is 15.9. The van der Waals surface area contributed by atoms with Crippen LogP contribution in [-0.2, 0) is 6.54 Å². The third-order valence-electron chi connectivity index (χ3n) is 3.51. The number of aliphatic imine (C=N–C) groups is 1. The van der Waals surface area contributed by atoms with E-state index in [1.807, 2.05) is 44.1 Å². The van der Waals surface area contributed by atoms with Crippen LogP contribution in [0.5, 0.6) is 5.75 Å². The van der Waals surface area contributed by atoms with E-state index in [-0.39, 0.29) is 24.0 Å². The minimum atomic E-state index is 0. The van der Waals surface area contributed by atoms with Crippen molar-refractivity contribution in [3.05, 3.63) is 29.8 Å². The molecule has 5 nitrogen and oxygen atoms in total. The minimum Gasteiger partial charge on any atom is -0.492 e. The van der Waals surface area contributed by atoms with E-state index in [4.69, 9.17) is 4.74 Å². The summed E-state index contributed by atoms with van der Waals surface area (Å²) in [6.07, 6.45) is 4.53. The molecule has 7 heteroatoms. The van der Waals surface area contributed by atoms with E-state index >= 15 is 0 Å². The molecular weight excluding hydrogens is 447 g/mol. The van der Waals surface area contributed by atoms with Crippen molar-refractivity contribution in [1.82, 2.24) is 15.5 Å². The molecule has 0 aliphatic heterocycles. The fourth-order valence-corrected chi connectivity index (χ4v) is 2.60. The van der Waals surface area contributed by atoms with Gasteiger partial charge in [-0.15, -0.1) is 24.0 Å². The number of benzene rings is 1. The van der Waals surface area contributed by atoms with Crippen molar-refractivity contribution in [2.45, 2.75) is 19.4 Å². The van der Waals surface area contributed by atoms with E-state index in [2.05, 4.69) is 32.8 Å². The number of nitrogens with one attached hydrogen (secondary N) is 2. The summed E-state index contributed by atoms with van der Waals surface area (Å²) < 4.78 is 5.90. The number of para-hydroxylation sites is 1. The van der Waals surface area contributed by atoms with Crippen LogP contribution >= 0.6 is 35.7 Å². The molecule has 2 N–H and O–H groups in total. The van der Waals surface area contributed by atoms with Crippen LogP contribution in [0.1, 0.15) is 18.4 Å². The predicted molar refractivity (Wildman–Crippen MR) is 122 cm³/mol. The molecule has 0 atom stereocenters. The van der Waals surface area contributed by atoms with Crippen LogP contribution in [0, 0.1) is 0 Å². The van der Waals surface area contributed by atoms with Crippen molar-refractivity contribution in [3.63, 3.8) is 0 Å². The summed E-state index contributed by atoms with van der Waals surface area (Å²) in [6.45, 7) is 3.23. The van der Waals surface area contributed by atoms with Gasteiger partial charge in [-0.1, -0.05) is 18.2 Å². The average molecular weight is 480 g/mol. The summed E-state index contributed by atoms with van der Waals surface area (Å²) in [7, 11) is 5.90. The third-order valence-corrected chi connectivity index (χ3v) is 4.20. The molecule has 0 saturated heterocycles. The van der Waals surface area contributed by atoms with Crippen LogP contribution < -0.4 is 15.4 Å². The first-order valence-corrected chi connectivity index (χ1v) is 9.85. The SMILES string of the molecule is CN=C(NCCCCSC)NCc1ccccc1OCCN(C)C.I. The molecule has 0 bridgehead atoms. The Morgan fingerprint density at radius 1 is 1.20 bits per heavy atom. The second kappa shape index (κ2) is 15.6. The van der Waals surface area contributed by atoms with Gasteiger partial charge < -0.3 is 20.3 Å². The highest BCUT2D eigenvalue weighted by atomic mass is 127. The number of ether oxygens (including phenoxy) is 1. The smallest absolute Gasteiger partial charge is 0.191 e. The largest absolute Gasteiger partial charge is 0.492 e. The van der Waals surface area contributed by atoms with Crippen LogP contribution in [0.25, 0.3) is 0 Å². The van der Waals surface area contributed by atoms with Crippen molar-refractivity contribution >= 4 is 41.7 Å². The molecule has 144 valence electrons. The van der Waals surface area contributed by atoms with Crippen molar-refractivity contribution in [2.75, 3.05) is 52.8 Å². The summed E-state index contributed by atoms with van der Waals surface area (Å²) in [5.41, 5.74) is 1.14. The molecule has 0 saturated carbocycles. The lowest BCUT2D eigenvalue weighted by Gasteiger charge is -2.16. The highest BCUT2D eigenvalue weighted by molar-refractivity contribution is 14.0. The van der Waals surface area contributed by atoms with Crippen LogP contribution in [0.3, 0.4) is 0 Å². The van der Waals surface area contributed by atoms with Gasteiger partial charge in [-0.25, -0.2) is 0 Å². The number of hydrogen-bond donors (Lipinski definition) is 2. The number of halogens is 1. The van der Waals surface area contributed by atoms with Gasteiger partial charge in [0.05, 0.1) is 0 Å². The Labute approximate surface area is 174 Å². The first-order valence-electron chi connectivity index (χ1n) is 8.46. The molecule has 0 aliphatic carbocycles. The Hall–Kier alpha value is -0.670. The maximum atomic E-state index is 5.90. The molecule has 0 unspecified atom stereocenters. The number of likely N-dealkylation sites (N-methyl/N-ethyl adjacent to an activating group) is 1. The number of rotatable bonds is 11. The molecule has 0 radical (unpaired) electrons. The minimum absolute atomic E-state index is 0. The lowest BCUT2D eigenvalue weighted by molar-refractivity contribution is 0.259. The van der Waals surface area contributed by atoms with Gasteiger partial charge in [0.1, 0.15) is 12.4 Å². The van der Waals surface area contributed by atoms with Gasteiger partial charge in [0.25, 0.3) is 0 Å². The van der Waals surface area contributed by atoms with Crippen molar-refractivity contribution in [2.24, 2.45) is 4.99 Å². The van der Waals surface area contributed by atoms with Gasteiger partial charge in [0, 0.05) is 32.2 Å². The van der Waals surface area contributed by atoms with Crippen LogP contribution in [0.2, 0.25) is 0 Å². The van der Waals surface area contributed by atoms with E-state index in [9.17, 15) is 0 Å². The molecule has 0 aliphatic rings. The molecule has 0 amide bonds. The van der Waals surface area contributed by atoms with Gasteiger partial charge in [0.15, 0.2) is 5.96 Å². The number of guanidine groups is 1. The molecule has 0 spiro atoms. The summed E-state index contributed by atoms with van der Waals surface area (Å²) in [6, 6.07) is 8.15. The first kappa shape index (κ1) is 24.3. The standard InChI is InChI=1S/C18H32N4OS.HI/c1-19-18(20-11-7-8-14-24-4)21-15-16-9-5-6-10-17(16)23-13-12-22(2)3;/h5-6,9-10H,7-8,11-15H2,1-4H3,(H2,19,20,21);1H. The van der Waals surface area contributed by atoms with Crippen molar-refractivity contribution < 1.29 is 4.74 Å². The number of thioether (sulfide) groups is 1. The summed E-state index contributed by atoms with van der Waals surface area (Å²) in [5.74, 6) is 2.98. The predicted octanol–water partition coefficient (Wildman–Crippen LogP) is 3.05. The zero-order chi connectivity index (χ0) is 17.6. The van der Waals surface area contributed by atoms with E-state index in [1.54, 1.807) is 7.05 Å². The molecule has 0 heterocycles. The van der Waals surface area contributed by atoms with Crippen LogP contribution in [0.15, 0.2) is 29.3 Å². The normalized spacial score (nSPS) is 11.2. The van der Waals surface area contributed by atoms with Gasteiger partial charge in [-0.05, 0) is 45.0 Å². The molecule has 1 aromatic rings.